The van der Waals surface area contributed by atoms with E-state index in [-0.39, 0.29) is 29.9 Å². The molecule has 3 amide bonds. The zero-order valence-electron chi connectivity index (χ0n) is 13.7. The second kappa shape index (κ2) is 6.81. The van der Waals surface area contributed by atoms with E-state index >= 15 is 0 Å². The zero-order chi connectivity index (χ0) is 16.3. The van der Waals surface area contributed by atoms with Crippen molar-refractivity contribution < 1.29 is 9.59 Å². The molecule has 0 bridgehead atoms. The van der Waals surface area contributed by atoms with Crippen LogP contribution in [0.1, 0.15) is 31.9 Å². The number of likely N-dealkylation sites (tertiary alicyclic amines) is 1. The third kappa shape index (κ3) is 3.40. The van der Waals surface area contributed by atoms with Gasteiger partial charge in [-0.3, -0.25) is 4.79 Å². The fourth-order valence-electron chi connectivity index (χ4n) is 2.86. The Hall–Kier alpha value is -2.04. The van der Waals surface area contributed by atoms with Gasteiger partial charge >= 0.3 is 6.03 Å². The predicted octanol–water partition coefficient (Wildman–Crippen LogP) is 2.26. The summed E-state index contributed by atoms with van der Waals surface area (Å²) in [4.78, 5) is 27.6. The van der Waals surface area contributed by atoms with E-state index in [1.54, 1.807) is 16.8 Å². The first-order valence-electron chi connectivity index (χ1n) is 7.73. The van der Waals surface area contributed by atoms with Gasteiger partial charge in [-0.25, -0.2) is 4.79 Å². The minimum absolute atomic E-state index is 0.0263. The summed E-state index contributed by atoms with van der Waals surface area (Å²) in [5.41, 5.74) is 1.12. The molecule has 1 aliphatic heterocycles. The number of benzene rings is 1. The minimum atomic E-state index is -0.0937. The van der Waals surface area contributed by atoms with E-state index in [2.05, 4.69) is 5.32 Å². The SMILES string of the molecule is CC(C)N(C)C(=O)NC[C@H]1CC(=O)N(C)[C@H]1c1ccccc1. The predicted molar refractivity (Wildman–Crippen MR) is 86.4 cm³/mol. The summed E-state index contributed by atoms with van der Waals surface area (Å²) in [6.45, 7) is 4.45. The Morgan fingerprint density at radius 3 is 2.59 bits per heavy atom. The molecule has 22 heavy (non-hydrogen) atoms. The summed E-state index contributed by atoms with van der Waals surface area (Å²) in [5, 5.41) is 2.95. The molecule has 0 spiro atoms. The number of amides is 3. The van der Waals surface area contributed by atoms with Crippen LogP contribution in [-0.2, 0) is 4.79 Å². The van der Waals surface area contributed by atoms with Crippen LogP contribution in [0.2, 0.25) is 0 Å². The van der Waals surface area contributed by atoms with E-state index in [1.165, 1.54) is 0 Å². The van der Waals surface area contributed by atoms with Crippen LogP contribution in [0.4, 0.5) is 4.79 Å². The second-order valence-electron chi connectivity index (χ2n) is 6.22. The number of carbonyl (C=O) groups excluding carboxylic acids is 2. The van der Waals surface area contributed by atoms with Crippen molar-refractivity contribution in [3.05, 3.63) is 35.9 Å². The van der Waals surface area contributed by atoms with E-state index in [0.29, 0.717) is 13.0 Å². The molecule has 0 radical (unpaired) electrons. The summed E-state index contributed by atoms with van der Waals surface area (Å²) in [6.07, 6.45) is 0.474. The lowest BCUT2D eigenvalue weighted by atomic mass is 9.94. The molecule has 1 heterocycles. The zero-order valence-corrected chi connectivity index (χ0v) is 13.7. The van der Waals surface area contributed by atoms with Crippen molar-refractivity contribution in [3.8, 4) is 0 Å². The molecule has 1 N–H and O–H groups in total. The highest BCUT2D eigenvalue weighted by Gasteiger charge is 2.38. The lowest BCUT2D eigenvalue weighted by Crippen LogP contribution is -2.43. The van der Waals surface area contributed by atoms with E-state index in [9.17, 15) is 9.59 Å². The van der Waals surface area contributed by atoms with E-state index in [4.69, 9.17) is 0 Å². The second-order valence-corrected chi connectivity index (χ2v) is 6.22. The number of rotatable bonds is 4. The van der Waals surface area contributed by atoms with Crippen LogP contribution < -0.4 is 5.32 Å². The lowest BCUT2D eigenvalue weighted by Gasteiger charge is -2.27. The standard InChI is InChI=1S/C17H25N3O2/c1-12(2)19(3)17(22)18-11-14-10-15(21)20(4)16(14)13-8-6-5-7-9-13/h5-9,12,14,16H,10-11H2,1-4H3,(H,18,22)/t14-,16+/m1/s1. The van der Waals surface area contributed by atoms with Crippen molar-refractivity contribution in [2.24, 2.45) is 5.92 Å². The van der Waals surface area contributed by atoms with Crippen LogP contribution in [0.3, 0.4) is 0 Å². The summed E-state index contributed by atoms with van der Waals surface area (Å²) in [7, 11) is 3.61. The van der Waals surface area contributed by atoms with E-state index in [1.807, 2.05) is 51.2 Å². The van der Waals surface area contributed by atoms with Gasteiger partial charge in [-0.1, -0.05) is 30.3 Å². The monoisotopic (exact) mass is 303 g/mol. The van der Waals surface area contributed by atoms with Crippen LogP contribution in [0, 0.1) is 5.92 Å². The molecule has 0 saturated carbocycles. The Morgan fingerprint density at radius 1 is 1.36 bits per heavy atom. The van der Waals surface area contributed by atoms with Gasteiger partial charge in [0.25, 0.3) is 0 Å². The van der Waals surface area contributed by atoms with Gasteiger partial charge in [0.15, 0.2) is 0 Å². The first-order valence-corrected chi connectivity index (χ1v) is 7.73. The normalized spacial score (nSPS) is 21.3. The maximum atomic E-state index is 12.1. The minimum Gasteiger partial charge on any atom is -0.338 e. The van der Waals surface area contributed by atoms with Crippen LogP contribution >= 0.6 is 0 Å². The molecule has 0 aromatic heterocycles. The molecule has 5 heteroatoms. The van der Waals surface area contributed by atoms with Crippen LogP contribution in [-0.4, -0.2) is 48.4 Å². The fourth-order valence-corrected chi connectivity index (χ4v) is 2.86. The van der Waals surface area contributed by atoms with Crippen molar-refractivity contribution in [1.29, 1.82) is 0 Å². The summed E-state index contributed by atoms with van der Waals surface area (Å²) in [5.74, 6) is 0.231. The fraction of sp³-hybridized carbons (Fsp3) is 0.529. The van der Waals surface area contributed by atoms with Crippen molar-refractivity contribution >= 4 is 11.9 Å². The Balaban J connectivity index is 2.06. The number of hydrogen-bond donors (Lipinski definition) is 1. The molecule has 1 aromatic rings. The first-order chi connectivity index (χ1) is 10.4. The summed E-state index contributed by atoms with van der Waals surface area (Å²) < 4.78 is 0. The van der Waals surface area contributed by atoms with Crippen molar-refractivity contribution in [2.45, 2.75) is 32.4 Å². The van der Waals surface area contributed by atoms with Crippen LogP contribution in [0.25, 0.3) is 0 Å². The van der Waals surface area contributed by atoms with Gasteiger partial charge in [0.2, 0.25) is 5.91 Å². The van der Waals surface area contributed by atoms with Gasteiger partial charge in [0.1, 0.15) is 0 Å². The molecule has 2 rings (SSSR count). The molecular weight excluding hydrogens is 278 g/mol. The largest absolute Gasteiger partial charge is 0.338 e. The average Bonchev–Trinajstić information content (AvgIpc) is 2.79. The highest BCUT2D eigenvalue weighted by Crippen LogP contribution is 2.36. The molecule has 5 nitrogen and oxygen atoms in total. The molecule has 1 saturated heterocycles. The highest BCUT2D eigenvalue weighted by molar-refractivity contribution is 5.80. The molecule has 2 atom stereocenters. The summed E-state index contributed by atoms with van der Waals surface area (Å²) in [6, 6.07) is 10.1. The van der Waals surface area contributed by atoms with Gasteiger partial charge < -0.3 is 15.1 Å². The van der Waals surface area contributed by atoms with E-state index in [0.717, 1.165) is 5.56 Å². The number of nitrogens with zero attached hydrogens (tertiary/aromatic N) is 2. The van der Waals surface area contributed by atoms with E-state index < -0.39 is 0 Å². The Labute approximate surface area is 132 Å². The third-order valence-electron chi connectivity index (χ3n) is 4.45. The lowest BCUT2D eigenvalue weighted by molar-refractivity contribution is -0.127. The average molecular weight is 303 g/mol. The molecule has 120 valence electrons. The van der Waals surface area contributed by atoms with Crippen molar-refractivity contribution in [1.82, 2.24) is 15.1 Å². The summed E-state index contributed by atoms with van der Waals surface area (Å²) >= 11 is 0. The quantitative estimate of drug-likeness (QED) is 0.927. The van der Waals surface area contributed by atoms with Gasteiger partial charge in [-0.05, 0) is 19.4 Å². The van der Waals surface area contributed by atoms with Gasteiger partial charge in [-0.15, -0.1) is 0 Å². The number of hydrogen-bond acceptors (Lipinski definition) is 2. The maximum absolute atomic E-state index is 12.1. The van der Waals surface area contributed by atoms with Crippen LogP contribution in [0.15, 0.2) is 30.3 Å². The van der Waals surface area contributed by atoms with Crippen molar-refractivity contribution in [3.63, 3.8) is 0 Å². The molecule has 1 aliphatic rings. The molecule has 0 unspecified atom stereocenters. The molecule has 0 aliphatic carbocycles. The third-order valence-corrected chi connectivity index (χ3v) is 4.45. The molecular formula is C17H25N3O2. The number of carbonyl (C=O) groups is 2. The first kappa shape index (κ1) is 16.3. The van der Waals surface area contributed by atoms with Gasteiger partial charge in [-0.2, -0.15) is 0 Å². The Morgan fingerprint density at radius 2 is 2.00 bits per heavy atom. The topological polar surface area (TPSA) is 52.7 Å². The molecule has 1 aromatic carbocycles. The Bertz CT molecular complexity index is 530. The highest BCUT2D eigenvalue weighted by atomic mass is 16.2. The van der Waals surface area contributed by atoms with Gasteiger partial charge in [0.05, 0.1) is 6.04 Å². The van der Waals surface area contributed by atoms with Crippen LogP contribution in [0.5, 0.6) is 0 Å². The Kier molecular flexibility index (Phi) is 5.06. The number of nitrogens with one attached hydrogen (secondary N) is 1. The van der Waals surface area contributed by atoms with Gasteiger partial charge in [0, 0.05) is 39.0 Å². The molecule has 1 fully saturated rings. The number of urea groups is 1. The maximum Gasteiger partial charge on any atom is 0.317 e. The smallest absolute Gasteiger partial charge is 0.317 e. The van der Waals surface area contributed by atoms with Crippen molar-refractivity contribution in [2.75, 3.05) is 20.6 Å².